The first-order chi connectivity index (χ1) is 10.2. The Morgan fingerprint density at radius 2 is 1.19 bits per heavy atom. The maximum absolute atomic E-state index is 11.8. The van der Waals surface area contributed by atoms with E-state index in [4.69, 9.17) is 0 Å². The number of fused-ring (bicyclic) bond motifs is 2. The Hall–Kier alpha value is -2.94. The average molecular weight is 273 g/mol. The molecule has 3 heteroatoms. The number of benzene rings is 3. The summed E-state index contributed by atoms with van der Waals surface area (Å²) in [6.45, 7) is 0. The van der Waals surface area contributed by atoms with Crippen molar-refractivity contribution in [3.63, 3.8) is 0 Å². The van der Waals surface area contributed by atoms with Gasteiger partial charge in [-0.1, -0.05) is 30.3 Å². The van der Waals surface area contributed by atoms with Crippen molar-refractivity contribution in [1.82, 2.24) is 0 Å². The van der Waals surface area contributed by atoms with Crippen molar-refractivity contribution in [2.45, 2.75) is 0 Å². The molecule has 1 aliphatic rings. The topological polar surface area (TPSA) is 37.4 Å². The lowest BCUT2D eigenvalue weighted by Crippen LogP contribution is -2.29. The van der Waals surface area contributed by atoms with Gasteiger partial charge in [0.15, 0.2) is 0 Å². The molecule has 100 valence electrons. The Bertz CT molecular complexity index is 922. The number of hydrogen-bond acceptors (Lipinski definition) is 2. The minimum Gasteiger partial charge on any atom is -0.269 e. The Kier molecular flexibility index (Phi) is 2.42. The lowest BCUT2D eigenvalue weighted by molar-refractivity contribution is -0.119. The van der Waals surface area contributed by atoms with Crippen molar-refractivity contribution in [2.24, 2.45) is 0 Å². The van der Waals surface area contributed by atoms with E-state index in [2.05, 4.69) is 24.3 Å². The van der Waals surface area contributed by atoms with Crippen LogP contribution in [0.15, 0.2) is 66.7 Å². The van der Waals surface area contributed by atoms with Crippen molar-refractivity contribution in [3.8, 4) is 0 Å². The summed E-state index contributed by atoms with van der Waals surface area (Å²) < 4.78 is 0. The summed E-state index contributed by atoms with van der Waals surface area (Å²) in [6.07, 6.45) is 2.60. The SMILES string of the molecule is O=C1C=CC(=O)N1c1ccc2cc3ccccc3cc2c1. The number of rotatable bonds is 1. The Balaban J connectivity index is 1.91. The smallest absolute Gasteiger partial charge is 0.258 e. The van der Waals surface area contributed by atoms with Crippen molar-refractivity contribution in [1.29, 1.82) is 0 Å². The molecule has 2 amide bonds. The molecule has 0 fully saturated rings. The minimum atomic E-state index is -0.292. The molecule has 0 N–H and O–H groups in total. The highest BCUT2D eigenvalue weighted by atomic mass is 16.2. The van der Waals surface area contributed by atoms with Gasteiger partial charge in [-0.05, 0) is 45.8 Å². The van der Waals surface area contributed by atoms with Gasteiger partial charge in [0.05, 0.1) is 5.69 Å². The fraction of sp³-hybridized carbons (Fsp3) is 0. The van der Waals surface area contributed by atoms with E-state index in [1.807, 2.05) is 24.3 Å². The summed E-state index contributed by atoms with van der Waals surface area (Å²) in [5.74, 6) is -0.583. The number of anilines is 1. The summed E-state index contributed by atoms with van der Waals surface area (Å²) >= 11 is 0. The predicted molar refractivity (Wildman–Crippen MR) is 83.1 cm³/mol. The third kappa shape index (κ3) is 1.82. The highest BCUT2D eigenvalue weighted by molar-refractivity contribution is 6.28. The van der Waals surface area contributed by atoms with Crippen molar-refractivity contribution < 1.29 is 9.59 Å². The van der Waals surface area contributed by atoms with Crippen molar-refractivity contribution in [3.05, 3.63) is 66.7 Å². The van der Waals surface area contributed by atoms with Crippen LogP contribution in [0.2, 0.25) is 0 Å². The van der Waals surface area contributed by atoms with Gasteiger partial charge in [0.25, 0.3) is 11.8 Å². The number of imide groups is 1. The van der Waals surface area contributed by atoms with Crippen LogP contribution < -0.4 is 4.90 Å². The molecule has 0 spiro atoms. The van der Waals surface area contributed by atoms with Crippen LogP contribution in [0.1, 0.15) is 0 Å². The first-order valence-electron chi connectivity index (χ1n) is 6.71. The van der Waals surface area contributed by atoms with Crippen LogP contribution in [0.4, 0.5) is 5.69 Å². The fourth-order valence-corrected chi connectivity index (χ4v) is 2.72. The van der Waals surface area contributed by atoms with Gasteiger partial charge in [0.1, 0.15) is 0 Å². The quantitative estimate of drug-likeness (QED) is 0.503. The molecule has 0 saturated carbocycles. The van der Waals surface area contributed by atoms with Gasteiger partial charge in [0.2, 0.25) is 0 Å². The Morgan fingerprint density at radius 1 is 0.619 bits per heavy atom. The van der Waals surface area contributed by atoms with Crippen LogP contribution in [-0.4, -0.2) is 11.8 Å². The van der Waals surface area contributed by atoms with E-state index in [9.17, 15) is 9.59 Å². The third-order valence-electron chi connectivity index (χ3n) is 3.76. The molecule has 0 aliphatic carbocycles. The zero-order chi connectivity index (χ0) is 14.4. The zero-order valence-corrected chi connectivity index (χ0v) is 11.1. The van der Waals surface area contributed by atoms with Crippen LogP contribution in [0.5, 0.6) is 0 Å². The van der Waals surface area contributed by atoms with E-state index in [1.54, 1.807) is 6.07 Å². The van der Waals surface area contributed by atoms with E-state index >= 15 is 0 Å². The van der Waals surface area contributed by atoms with Gasteiger partial charge >= 0.3 is 0 Å². The minimum absolute atomic E-state index is 0.292. The molecule has 0 aromatic heterocycles. The molecular weight excluding hydrogens is 262 g/mol. The van der Waals surface area contributed by atoms with Gasteiger partial charge in [-0.3, -0.25) is 9.59 Å². The molecule has 3 aromatic rings. The summed E-state index contributed by atoms with van der Waals surface area (Å²) in [5.41, 5.74) is 0.609. The lowest BCUT2D eigenvalue weighted by Gasteiger charge is -2.14. The molecule has 0 saturated heterocycles. The van der Waals surface area contributed by atoms with E-state index in [1.165, 1.54) is 22.4 Å². The van der Waals surface area contributed by atoms with Gasteiger partial charge < -0.3 is 0 Å². The highest BCUT2D eigenvalue weighted by Crippen LogP contribution is 2.28. The highest BCUT2D eigenvalue weighted by Gasteiger charge is 2.25. The first kappa shape index (κ1) is 11.9. The van der Waals surface area contributed by atoms with Gasteiger partial charge in [-0.2, -0.15) is 0 Å². The molecule has 0 atom stereocenters. The van der Waals surface area contributed by atoms with Crippen LogP contribution in [0.3, 0.4) is 0 Å². The Morgan fingerprint density at radius 3 is 1.86 bits per heavy atom. The van der Waals surface area contributed by atoms with Crippen molar-refractivity contribution >= 4 is 39.0 Å². The maximum atomic E-state index is 11.8. The number of nitrogens with zero attached hydrogens (tertiary/aromatic N) is 1. The third-order valence-corrected chi connectivity index (χ3v) is 3.76. The number of carbonyl (C=O) groups excluding carboxylic acids is 2. The van der Waals surface area contributed by atoms with Crippen molar-refractivity contribution in [2.75, 3.05) is 4.90 Å². The molecule has 3 nitrogen and oxygen atoms in total. The van der Waals surface area contributed by atoms with E-state index in [0.29, 0.717) is 5.69 Å². The van der Waals surface area contributed by atoms with Crippen LogP contribution >= 0.6 is 0 Å². The second kappa shape index (κ2) is 4.28. The largest absolute Gasteiger partial charge is 0.269 e. The molecule has 0 unspecified atom stereocenters. The molecule has 1 heterocycles. The molecule has 0 bridgehead atoms. The molecule has 4 rings (SSSR count). The number of amides is 2. The maximum Gasteiger partial charge on any atom is 0.258 e. The second-order valence-electron chi connectivity index (χ2n) is 5.08. The van der Waals surface area contributed by atoms with E-state index in [0.717, 1.165) is 16.2 Å². The second-order valence-corrected chi connectivity index (χ2v) is 5.08. The summed E-state index contributed by atoms with van der Waals surface area (Å²) in [5, 5.41) is 4.41. The monoisotopic (exact) mass is 273 g/mol. The standard InChI is InChI=1S/C18H11NO2/c20-17-7-8-18(21)19(17)16-6-5-14-9-12-3-1-2-4-13(12)10-15(14)11-16/h1-11H. The number of carbonyl (C=O) groups is 2. The van der Waals surface area contributed by atoms with Crippen LogP contribution in [0.25, 0.3) is 21.5 Å². The summed E-state index contributed by atoms with van der Waals surface area (Å²) in [4.78, 5) is 24.7. The van der Waals surface area contributed by atoms with Crippen LogP contribution in [-0.2, 0) is 9.59 Å². The molecule has 3 aromatic carbocycles. The summed E-state index contributed by atoms with van der Waals surface area (Å²) in [7, 11) is 0. The molecular formula is C18H11NO2. The van der Waals surface area contributed by atoms with Gasteiger partial charge in [0, 0.05) is 12.2 Å². The zero-order valence-electron chi connectivity index (χ0n) is 11.1. The first-order valence-corrected chi connectivity index (χ1v) is 6.71. The predicted octanol–water partition coefficient (Wildman–Crippen LogP) is 3.42. The van der Waals surface area contributed by atoms with Crippen LogP contribution in [0, 0.1) is 0 Å². The fourth-order valence-electron chi connectivity index (χ4n) is 2.72. The van der Waals surface area contributed by atoms with E-state index in [-0.39, 0.29) is 11.8 Å². The average Bonchev–Trinajstić information content (AvgIpc) is 2.83. The summed E-state index contributed by atoms with van der Waals surface area (Å²) in [6, 6.07) is 17.9. The van der Waals surface area contributed by atoms with Gasteiger partial charge in [-0.25, -0.2) is 4.90 Å². The van der Waals surface area contributed by atoms with E-state index < -0.39 is 0 Å². The molecule has 21 heavy (non-hydrogen) atoms. The normalized spacial score (nSPS) is 14.6. The Labute approximate surface area is 121 Å². The number of hydrogen-bond donors (Lipinski definition) is 0. The molecule has 1 aliphatic heterocycles. The van der Waals surface area contributed by atoms with Gasteiger partial charge in [-0.15, -0.1) is 0 Å². The molecule has 0 radical (unpaired) electrons. The lowest BCUT2D eigenvalue weighted by atomic mass is 10.0.